The Balaban J connectivity index is 1.66. The number of ether oxygens (including phenoxy) is 1. The maximum absolute atomic E-state index is 12.5. The molecule has 1 aliphatic carbocycles. The van der Waals surface area contributed by atoms with E-state index < -0.39 is 12.2 Å². The molecule has 2 fully saturated rings. The normalized spacial score (nSPS) is 26.8. The molecule has 0 bridgehead atoms. The summed E-state index contributed by atoms with van der Waals surface area (Å²) in [5, 5.41) is 13.3. The number of hydrogen-bond acceptors (Lipinski definition) is 3. The van der Waals surface area contributed by atoms with Crippen LogP contribution in [0.25, 0.3) is 0 Å². The molecule has 0 spiro atoms. The van der Waals surface area contributed by atoms with Gasteiger partial charge in [0.05, 0.1) is 11.3 Å². The Labute approximate surface area is 139 Å². The van der Waals surface area contributed by atoms with Crippen molar-refractivity contribution in [3.05, 3.63) is 24.3 Å². The number of amides is 2. The van der Waals surface area contributed by atoms with Gasteiger partial charge in [-0.15, -0.1) is 0 Å². The third kappa shape index (κ3) is 3.61. The summed E-state index contributed by atoms with van der Waals surface area (Å²) in [6, 6.07) is 5.77. The monoisotopic (exact) mass is 340 g/mol. The molecule has 0 radical (unpaired) electrons. The van der Waals surface area contributed by atoms with E-state index in [2.05, 4.69) is 10.1 Å². The average molecular weight is 340 g/mol. The van der Waals surface area contributed by atoms with Crippen LogP contribution in [0.5, 0.6) is 5.75 Å². The molecule has 1 aromatic rings. The van der Waals surface area contributed by atoms with E-state index in [-0.39, 0.29) is 23.4 Å². The molecule has 1 aliphatic heterocycles. The number of nitrogens with zero attached hydrogens (tertiary/aromatic N) is 1. The quantitative estimate of drug-likeness (QED) is 0.886. The third-order valence-electron chi connectivity index (χ3n) is 5.06. The van der Waals surface area contributed by atoms with E-state index in [1.807, 2.05) is 0 Å². The number of benzene rings is 1. The molecule has 7 heteroatoms. The van der Waals surface area contributed by atoms with Crippen LogP contribution in [0.1, 0.15) is 32.1 Å². The molecule has 1 heterocycles. The van der Waals surface area contributed by atoms with E-state index in [9.17, 15) is 18.7 Å². The van der Waals surface area contributed by atoms with E-state index in [0.717, 1.165) is 25.7 Å². The maximum atomic E-state index is 12.5. The maximum Gasteiger partial charge on any atom is 0.387 e. The van der Waals surface area contributed by atoms with E-state index >= 15 is 0 Å². The van der Waals surface area contributed by atoms with Crippen LogP contribution in [0.3, 0.4) is 0 Å². The molecule has 24 heavy (non-hydrogen) atoms. The number of aliphatic hydroxyl groups is 1. The van der Waals surface area contributed by atoms with Crippen LogP contribution in [0.2, 0.25) is 0 Å². The zero-order chi connectivity index (χ0) is 17.2. The molecule has 1 saturated heterocycles. The van der Waals surface area contributed by atoms with Gasteiger partial charge in [-0.1, -0.05) is 25.0 Å². The standard InChI is InChI=1S/C17H22F2N2O3/c18-15(19)24-14-7-2-1-6-13(14)20-16(22)21-10-9-17(23)8-4-3-5-12(17)11-21/h1-2,6-7,12,15,23H,3-5,8-11H2,(H,20,22). The van der Waals surface area contributed by atoms with Gasteiger partial charge in [0.15, 0.2) is 0 Å². The van der Waals surface area contributed by atoms with Crippen molar-refractivity contribution >= 4 is 11.7 Å². The van der Waals surface area contributed by atoms with Gasteiger partial charge in [0.2, 0.25) is 0 Å². The largest absolute Gasteiger partial charge is 0.433 e. The number of carbonyl (C=O) groups is 1. The van der Waals surface area contributed by atoms with Crippen LogP contribution in [0, 0.1) is 5.92 Å². The predicted octanol–water partition coefficient (Wildman–Crippen LogP) is 3.45. The first-order chi connectivity index (χ1) is 11.5. The summed E-state index contributed by atoms with van der Waals surface area (Å²) < 4.78 is 29.3. The molecule has 0 aromatic heterocycles. The van der Waals surface area contributed by atoms with Gasteiger partial charge in [-0.2, -0.15) is 8.78 Å². The first-order valence-corrected chi connectivity index (χ1v) is 8.30. The summed E-state index contributed by atoms with van der Waals surface area (Å²) in [6.45, 7) is -2.01. The molecular weight excluding hydrogens is 318 g/mol. The first-order valence-electron chi connectivity index (χ1n) is 8.30. The number of halogens is 2. The van der Waals surface area contributed by atoms with Gasteiger partial charge in [-0.25, -0.2) is 4.79 Å². The minimum atomic E-state index is -2.95. The second-order valence-corrected chi connectivity index (χ2v) is 6.55. The van der Waals surface area contributed by atoms with Crippen LogP contribution in [-0.2, 0) is 0 Å². The van der Waals surface area contributed by atoms with Crippen molar-refractivity contribution in [3.63, 3.8) is 0 Å². The van der Waals surface area contributed by atoms with Crippen LogP contribution >= 0.6 is 0 Å². The Kier molecular flexibility index (Phi) is 4.89. The molecule has 2 atom stereocenters. The van der Waals surface area contributed by atoms with Crippen molar-refractivity contribution in [2.24, 2.45) is 5.92 Å². The summed E-state index contributed by atoms with van der Waals surface area (Å²) in [6.07, 6.45) is 4.34. The van der Waals surface area contributed by atoms with Crippen molar-refractivity contribution in [3.8, 4) is 5.75 Å². The summed E-state index contributed by atoms with van der Waals surface area (Å²) in [7, 11) is 0. The third-order valence-corrected chi connectivity index (χ3v) is 5.06. The Morgan fingerprint density at radius 1 is 1.33 bits per heavy atom. The molecule has 2 N–H and O–H groups in total. The van der Waals surface area contributed by atoms with Crippen LogP contribution < -0.4 is 10.1 Å². The van der Waals surface area contributed by atoms with Crippen molar-refractivity contribution in [1.29, 1.82) is 0 Å². The van der Waals surface area contributed by atoms with Crippen molar-refractivity contribution in [2.45, 2.75) is 44.3 Å². The fraction of sp³-hybridized carbons (Fsp3) is 0.588. The fourth-order valence-corrected chi connectivity index (χ4v) is 3.72. The summed E-state index contributed by atoms with van der Waals surface area (Å²) >= 11 is 0. The molecule has 132 valence electrons. The zero-order valence-corrected chi connectivity index (χ0v) is 13.4. The number of anilines is 1. The van der Waals surface area contributed by atoms with Gasteiger partial charge in [0, 0.05) is 19.0 Å². The molecular formula is C17H22F2N2O3. The van der Waals surface area contributed by atoms with E-state index in [4.69, 9.17) is 0 Å². The number of fused-ring (bicyclic) bond motifs is 1. The SMILES string of the molecule is O=C(Nc1ccccc1OC(F)F)N1CCC2(O)CCCCC2C1. The van der Waals surface area contributed by atoms with Crippen LogP contribution in [0.4, 0.5) is 19.3 Å². The lowest BCUT2D eigenvalue weighted by Gasteiger charge is -2.47. The molecule has 3 rings (SSSR count). The molecule has 2 aliphatic rings. The molecule has 5 nitrogen and oxygen atoms in total. The lowest BCUT2D eigenvalue weighted by atomic mass is 9.71. The van der Waals surface area contributed by atoms with Gasteiger partial charge in [0.25, 0.3) is 0 Å². The highest BCUT2D eigenvalue weighted by molar-refractivity contribution is 5.91. The smallest absolute Gasteiger partial charge is 0.387 e. The van der Waals surface area contributed by atoms with Gasteiger partial charge in [-0.05, 0) is 31.4 Å². The number of alkyl halides is 2. The van der Waals surface area contributed by atoms with Crippen molar-refractivity contribution < 1.29 is 23.4 Å². The molecule has 1 saturated carbocycles. The second-order valence-electron chi connectivity index (χ2n) is 6.55. The average Bonchev–Trinajstić information content (AvgIpc) is 2.55. The fourth-order valence-electron chi connectivity index (χ4n) is 3.72. The van der Waals surface area contributed by atoms with E-state index in [1.165, 1.54) is 12.1 Å². The number of hydrogen-bond donors (Lipinski definition) is 2. The predicted molar refractivity (Wildman–Crippen MR) is 85.2 cm³/mol. The summed E-state index contributed by atoms with van der Waals surface area (Å²) in [4.78, 5) is 14.1. The Bertz CT molecular complexity index is 599. The highest BCUT2D eigenvalue weighted by atomic mass is 19.3. The Morgan fingerprint density at radius 2 is 2.12 bits per heavy atom. The number of likely N-dealkylation sites (tertiary alicyclic amines) is 1. The number of rotatable bonds is 3. The van der Waals surface area contributed by atoms with Crippen LogP contribution in [0.15, 0.2) is 24.3 Å². The minimum absolute atomic E-state index is 0.0629. The lowest BCUT2D eigenvalue weighted by molar-refractivity contribution is -0.0863. The van der Waals surface area contributed by atoms with Gasteiger partial charge < -0.3 is 20.1 Å². The summed E-state index contributed by atoms with van der Waals surface area (Å²) in [5.41, 5.74) is -0.446. The molecule has 1 aromatic carbocycles. The minimum Gasteiger partial charge on any atom is -0.433 e. The number of carbonyl (C=O) groups excluding carboxylic acids is 1. The lowest BCUT2D eigenvalue weighted by Crippen LogP contribution is -2.55. The Hall–Kier alpha value is -1.89. The van der Waals surface area contributed by atoms with Crippen molar-refractivity contribution in [1.82, 2.24) is 4.90 Å². The number of nitrogens with one attached hydrogen (secondary N) is 1. The zero-order valence-electron chi connectivity index (χ0n) is 13.4. The first kappa shape index (κ1) is 17.0. The topological polar surface area (TPSA) is 61.8 Å². The van der Waals surface area contributed by atoms with Crippen molar-refractivity contribution in [2.75, 3.05) is 18.4 Å². The Morgan fingerprint density at radius 3 is 2.92 bits per heavy atom. The molecule has 2 amide bonds. The van der Waals surface area contributed by atoms with Crippen LogP contribution in [-0.4, -0.2) is 41.3 Å². The van der Waals surface area contributed by atoms with E-state index in [1.54, 1.807) is 17.0 Å². The number of piperidine rings is 1. The second kappa shape index (κ2) is 6.93. The van der Waals surface area contributed by atoms with Gasteiger partial charge in [-0.3, -0.25) is 0 Å². The van der Waals surface area contributed by atoms with Gasteiger partial charge >= 0.3 is 12.6 Å². The molecule has 2 unspecified atom stereocenters. The summed E-state index contributed by atoms with van der Waals surface area (Å²) in [5.74, 6) is 0.0188. The highest BCUT2D eigenvalue weighted by Gasteiger charge is 2.43. The highest BCUT2D eigenvalue weighted by Crippen LogP contribution is 2.40. The number of para-hydroxylation sites is 2. The van der Waals surface area contributed by atoms with Gasteiger partial charge in [0.1, 0.15) is 5.75 Å². The van der Waals surface area contributed by atoms with E-state index in [0.29, 0.717) is 19.5 Å². The number of urea groups is 1.